The molecule has 18 heavy (non-hydrogen) atoms. The highest BCUT2D eigenvalue weighted by molar-refractivity contribution is 5.76. The van der Waals surface area contributed by atoms with Crippen molar-refractivity contribution in [3.05, 3.63) is 30.0 Å². The molecule has 1 aromatic carbocycles. The van der Waals surface area contributed by atoms with Crippen LogP contribution in [0.2, 0.25) is 0 Å². The second-order valence-electron chi connectivity index (χ2n) is 3.82. The zero-order chi connectivity index (χ0) is 13.1. The number of rotatable bonds is 4. The van der Waals surface area contributed by atoms with Crippen molar-refractivity contribution in [3.63, 3.8) is 0 Å². The number of ether oxygens (including phenoxy) is 1. The molecule has 0 fully saturated rings. The van der Waals surface area contributed by atoms with Gasteiger partial charge in [0.05, 0.1) is 18.1 Å². The lowest BCUT2D eigenvalue weighted by Crippen LogP contribution is -2.32. The van der Waals surface area contributed by atoms with Crippen LogP contribution in [0.25, 0.3) is 11.0 Å². The Morgan fingerprint density at radius 1 is 1.39 bits per heavy atom. The lowest BCUT2D eigenvalue weighted by Gasteiger charge is -2.10. The van der Waals surface area contributed by atoms with E-state index in [4.69, 9.17) is 15.6 Å². The van der Waals surface area contributed by atoms with E-state index in [9.17, 15) is 4.79 Å². The molecular weight excluding hydrogens is 234 g/mol. The number of para-hydroxylation sites is 2. The Morgan fingerprint density at radius 2 is 2.00 bits per heavy atom. The molecule has 0 amide bonds. The molecule has 0 bridgehead atoms. The molecule has 2 rings (SSSR count). The fraction of sp³-hybridized carbons (Fsp3) is 0.250. The van der Waals surface area contributed by atoms with Crippen molar-refractivity contribution in [2.75, 3.05) is 7.11 Å². The van der Waals surface area contributed by atoms with Gasteiger partial charge in [0, 0.05) is 6.42 Å². The number of nitrogens with zero attached hydrogens (tertiary/aromatic N) is 2. The van der Waals surface area contributed by atoms with E-state index < -0.39 is 12.0 Å². The maximum atomic E-state index is 10.8. The molecule has 0 aliphatic heterocycles. The average Bonchev–Trinajstić information content (AvgIpc) is 2.37. The van der Waals surface area contributed by atoms with E-state index in [1.165, 1.54) is 7.11 Å². The molecule has 6 nitrogen and oxygen atoms in total. The van der Waals surface area contributed by atoms with Gasteiger partial charge in [0.15, 0.2) is 0 Å². The highest BCUT2D eigenvalue weighted by Crippen LogP contribution is 2.19. The molecule has 0 saturated carbocycles. The summed E-state index contributed by atoms with van der Waals surface area (Å²) >= 11 is 0. The number of methoxy groups -OCH3 is 1. The number of aromatic nitrogens is 2. The summed E-state index contributed by atoms with van der Waals surface area (Å²) in [5.41, 5.74) is 7.33. The van der Waals surface area contributed by atoms with Gasteiger partial charge in [-0.1, -0.05) is 12.1 Å². The number of carboxylic acids is 1. The van der Waals surface area contributed by atoms with E-state index in [0.29, 0.717) is 22.6 Å². The normalized spacial score (nSPS) is 12.3. The number of hydrogen-bond donors (Lipinski definition) is 2. The summed E-state index contributed by atoms with van der Waals surface area (Å²) < 4.78 is 5.11. The minimum Gasteiger partial charge on any atom is -0.480 e. The number of fused-ring (bicyclic) bond motifs is 1. The predicted octanol–water partition coefficient (Wildman–Crippen LogP) is 0.593. The third kappa shape index (κ3) is 2.38. The molecule has 0 aliphatic carbocycles. The molecule has 6 heteroatoms. The van der Waals surface area contributed by atoms with Crippen molar-refractivity contribution in [1.82, 2.24) is 9.97 Å². The van der Waals surface area contributed by atoms with Crippen molar-refractivity contribution in [1.29, 1.82) is 0 Å². The molecule has 0 spiro atoms. The molecular formula is C12H13N3O3. The topological polar surface area (TPSA) is 98.3 Å². The first kappa shape index (κ1) is 12.3. The summed E-state index contributed by atoms with van der Waals surface area (Å²) in [6, 6.07) is 6.28. The second kappa shape index (κ2) is 4.97. The summed E-state index contributed by atoms with van der Waals surface area (Å²) in [4.78, 5) is 19.4. The lowest BCUT2D eigenvalue weighted by atomic mass is 10.1. The summed E-state index contributed by atoms with van der Waals surface area (Å²) in [7, 11) is 1.47. The van der Waals surface area contributed by atoms with Crippen LogP contribution < -0.4 is 10.5 Å². The van der Waals surface area contributed by atoms with Gasteiger partial charge in [-0.2, -0.15) is 0 Å². The summed E-state index contributed by atoms with van der Waals surface area (Å²) in [5.74, 6) is -0.766. The SMILES string of the molecule is COc1nc2ccccc2nc1CC(N)C(=O)O. The first-order chi connectivity index (χ1) is 8.61. The van der Waals surface area contributed by atoms with E-state index in [1.807, 2.05) is 18.2 Å². The van der Waals surface area contributed by atoms with Crippen molar-refractivity contribution in [2.45, 2.75) is 12.5 Å². The zero-order valence-corrected chi connectivity index (χ0v) is 9.83. The minimum absolute atomic E-state index is 0.0797. The van der Waals surface area contributed by atoms with Crippen LogP contribution in [-0.2, 0) is 11.2 Å². The third-order valence-electron chi connectivity index (χ3n) is 2.53. The van der Waals surface area contributed by atoms with Crippen LogP contribution in [0.15, 0.2) is 24.3 Å². The van der Waals surface area contributed by atoms with E-state index in [2.05, 4.69) is 9.97 Å². The Kier molecular flexibility index (Phi) is 3.38. The number of aliphatic carboxylic acids is 1. The second-order valence-corrected chi connectivity index (χ2v) is 3.82. The Bertz CT molecular complexity index is 586. The van der Waals surface area contributed by atoms with Gasteiger partial charge < -0.3 is 15.6 Å². The van der Waals surface area contributed by atoms with Crippen LogP contribution >= 0.6 is 0 Å². The van der Waals surface area contributed by atoms with Gasteiger partial charge in [-0.15, -0.1) is 0 Å². The van der Waals surface area contributed by atoms with Crippen LogP contribution in [-0.4, -0.2) is 34.2 Å². The first-order valence-electron chi connectivity index (χ1n) is 5.40. The molecule has 2 aromatic rings. The minimum atomic E-state index is -1.08. The summed E-state index contributed by atoms with van der Waals surface area (Å²) in [6.07, 6.45) is 0.0797. The highest BCUT2D eigenvalue weighted by atomic mass is 16.5. The van der Waals surface area contributed by atoms with Crippen LogP contribution in [0, 0.1) is 0 Å². The van der Waals surface area contributed by atoms with Gasteiger partial charge in [0.2, 0.25) is 5.88 Å². The van der Waals surface area contributed by atoms with Crippen molar-refractivity contribution in [3.8, 4) is 5.88 Å². The number of hydrogen-bond acceptors (Lipinski definition) is 5. The molecule has 3 N–H and O–H groups in total. The fourth-order valence-electron chi connectivity index (χ4n) is 1.61. The van der Waals surface area contributed by atoms with Gasteiger partial charge in [-0.25, -0.2) is 9.97 Å². The van der Waals surface area contributed by atoms with Crippen LogP contribution in [0.4, 0.5) is 0 Å². The van der Waals surface area contributed by atoms with Gasteiger partial charge in [-0.05, 0) is 12.1 Å². The lowest BCUT2D eigenvalue weighted by molar-refractivity contribution is -0.138. The standard InChI is InChI=1S/C12H13N3O3/c1-18-11-10(6-7(13)12(16)17)14-8-4-2-3-5-9(8)15-11/h2-5,7H,6,13H2,1H3,(H,16,17). The maximum absolute atomic E-state index is 10.8. The Labute approximate surface area is 103 Å². The predicted molar refractivity (Wildman–Crippen MR) is 65.4 cm³/mol. The Morgan fingerprint density at radius 3 is 2.56 bits per heavy atom. The van der Waals surface area contributed by atoms with Gasteiger partial charge in [0.1, 0.15) is 11.7 Å². The smallest absolute Gasteiger partial charge is 0.320 e. The fourth-order valence-corrected chi connectivity index (χ4v) is 1.61. The van der Waals surface area contributed by atoms with Crippen LogP contribution in [0.5, 0.6) is 5.88 Å². The average molecular weight is 247 g/mol. The molecule has 1 aromatic heterocycles. The number of benzene rings is 1. The maximum Gasteiger partial charge on any atom is 0.320 e. The van der Waals surface area contributed by atoms with Crippen molar-refractivity contribution >= 4 is 17.0 Å². The van der Waals surface area contributed by atoms with Gasteiger partial charge in [-0.3, -0.25) is 4.79 Å². The number of carboxylic acid groups (broad SMARTS) is 1. The number of carbonyl (C=O) groups is 1. The molecule has 0 aliphatic rings. The van der Waals surface area contributed by atoms with E-state index in [-0.39, 0.29) is 6.42 Å². The largest absolute Gasteiger partial charge is 0.480 e. The van der Waals surface area contributed by atoms with Crippen LogP contribution in [0.3, 0.4) is 0 Å². The molecule has 1 heterocycles. The molecule has 1 unspecified atom stereocenters. The monoisotopic (exact) mass is 247 g/mol. The van der Waals surface area contributed by atoms with E-state index >= 15 is 0 Å². The highest BCUT2D eigenvalue weighted by Gasteiger charge is 2.17. The van der Waals surface area contributed by atoms with Gasteiger partial charge >= 0.3 is 5.97 Å². The molecule has 0 radical (unpaired) electrons. The first-order valence-corrected chi connectivity index (χ1v) is 5.40. The summed E-state index contributed by atoms with van der Waals surface area (Å²) in [5, 5.41) is 8.81. The van der Waals surface area contributed by atoms with Crippen molar-refractivity contribution < 1.29 is 14.6 Å². The zero-order valence-electron chi connectivity index (χ0n) is 9.83. The quantitative estimate of drug-likeness (QED) is 0.820. The van der Waals surface area contributed by atoms with Crippen molar-refractivity contribution in [2.24, 2.45) is 5.73 Å². The molecule has 0 saturated heterocycles. The van der Waals surface area contributed by atoms with E-state index in [0.717, 1.165) is 0 Å². The van der Waals surface area contributed by atoms with Gasteiger partial charge in [0.25, 0.3) is 0 Å². The Balaban J connectivity index is 2.44. The Hall–Kier alpha value is -2.21. The van der Waals surface area contributed by atoms with Crippen LogP contribution in [0.1, 0.15) is 5.69 Å². The summed E-state index contributed by atoms with van der Waals surface area (Å²) in [6.45, 7) is 0. The number of nitrogens with two attached hydrogens (primary N) is 1. The molecule has 94 valence electrons. The third-order valence-corrected chi connectivity index (χ3v) is 2.53. The molecule has 1 atom stereocenters. The van der Waals surface area contributed by atoms with E-state index in [1.54, 1.807) is 6.07 Å².